The molecule has 0 atom stereocenters. The summed E-state index contributed by atoms with van der Waals surface area (Å²) in [6, 6.07) is 13.6. The number of fused-ring (bicyclic) bond motifs is 1. The lowest BCUT2D eigenvalue weighted by molar-refractivity contribution is 0.102. The molecule has 0 spiro atoms. The van der Waals surface area contributed by atoms with E-state index in [1.165, 1.54) is 11.3 Å². The molecular weight excluding hydrogens is 368 g/mol. The van der Waals surface area contributed by atoms with Crippen LogP contribution in [0.4, 0.5) is 11.4 Å². The highest BCUT2D eigenvalue weighted by atomic mass is 79.9. The Morgan fingerprint density at radius 2 is 2.12 bits per heavy atom. The highest BCUT2D eigenvalue weighted by Gasteiger charge is 2.18. The van der Waals surface area contributed by atoms with E-state index < -0.39 is 0 Å². The molecule has 5 heteroatoms. The maximum Gasteiger partial charge on any atom is 0.256 e. The summed E-state index contributed by atoms with van der Waals surface area (Å²) in [6.07, 6.45) is 2.23. The van der Waals surface area contributed by atoms with Gasteiger partial charge in [0.05, 0.1) is 12.2 Å². The van der Waals surface area contributed by atoms with Crippen molar-refractivity contribution in [1.29, 1.82) is 0 Å². The molecule has 3 rings (SSSR count). The van der Waals surface area contributed by atoms with Gasteiger partial charge in [0.2, 0.25) is 0 Å². The van der Waals surface area contributed by atoms with Crippen LogP contribution in [0.15, 0.2) is 46.9 Å². The number of ether oxygens (including phenoxy) is 1. The van der Waals surface area contributed by atoms with Crippen LogP contribution >= 0.6 is 15.9 Å². The SMILES string of the molecule is COCCN1CCCc2ccc(NC(=O)c3ccccc3Br)cc21. The molecule has 126 valence electrons. The number of hydrogen-bond donors (Lipinski definition) is 1. The molecule has 1 aliphatic heterocycles. The Morgan fingerprint density at radius 1 is 1.29 bits per heavy atom. The minimum Gasteiger partial charge on any atom is -0.383 e. The minimum absolute atomic E-state index is 0.110. The standard InChI is InChI=1S/C19H21BrN2O2/c1-24-12-11-22-10-4-5-14-8-9-15(13-18(14)22)21-19(23)16-6-2-3-7-17(16)20/h2-3,6-9,13H,4-5,10-12H2,1H3,(H,21,23). The predicted molar refractivity (Wildman–Crippen MR) is 101 cm³/mol. The topological polar surface area (TPSA) is 41.6 Å². The van der Waals surface area contributed by atoms with Crippen LogP contribution in [-0.2, 0) is 11.2 Å². The Hall–Kier alpha value is -1.85. The Balaban J connectivity index is 1.80. The van der Waals surface area contributed by atoms with E-state index in [1.807, 2.05) is 30.3 Å². The lowest BCUT2D eigenvalue weighted by Crippen LogP contribution is -2.32. The summed E-state index contributed by atoms with van der Waals surface area (Å²) in [7, 11) is 1.72. The molecule has 0 unspecified atom stereocenters. The lowest BCUT2D eigenvalue weighted by Gasteiger charge is -2.31. The minimum atomic E-state index is -0.110. The van der Waals surface area contributed by atoms with Gasteiger partial charge in [0.1, 0.15) is 0 Å². The van der Waals surface area contributed by atoms with E-state index in [9.17, 15) is 4.79 Å². The number of carbonyl (C=O) groups excluding carboxylic acids is 1. The summed E-state index contributed by atoms with van der Waals surface area (Å²) in [4.78, 5) is 14.8. The van der Waals surface area contributed by atoms with E-state index in [0.29, 0.717) is 12.2 Å². The second-order valence-electron chi connectivity index (χ2n) is 5.86. The molecular formula is C19H21BrN2O2. The first kappa shape index (κ1) is 17.0. The van der Waals surface area contributed by atoms with Crippen molar-refractivity contribution >= 4 is 33.2 Å². The molecule has 0 saturated heterocycles. The van der Waals surface area contributed by atoms with E-state index in [2.05, 4.69) is 38.3 Å². The average Bonchev–Trinajstić information content (AvgIpc) is 2.60. The molecule has 2 aromatic rings. The molecule has 0 aromatic heterocycles. The predicted octanol–water partition coefficient (Wildman–Crippen LogP) is 4.10. The molecule has 0 bridgehead atoms. The highest BCUT2D eigenvalue weighted by molar-refractivity contribution is 9.10. The smallest absolute Gasteiger partial charge is 0.256 e. The summed E-state index contributed by atoms with van der Waals surface area (Å²) >= 11 is 3.43. The number of hydrogen-bond acceptors (Lipinski definition) is 3. The van der Waals surface area contributed by atoms with Crippen molar-refractivity contribution < 1.29 is 9.53 Å². The first-order chi connectivity index (χ1) is 11.7. The zero-order chi connectivity index (χ0) is 16.9. The third-order valence-corrected chi connectivity index (χ3v) is 4.93. The Labute approximate surface area is 150 Å². The molecule has 0 aliphatic carbocycles. The normalized spacial score (nSPS) is 13.5. The summed E-state index contributed by atoms with van der Waals surface area (Å²) in [5, 5.41) is 3.00. The Kier molecular flexibility index (Phi) is 5.53. The van der Waals surface area contributed by atoms with Crippen LogP contribution in [0.2, 0.25) is 0 Å². The number of benzene rings is 2. The monoisotopic (exact) mass is 388 g/mol. The van der Waals surface area contributed by atoms with Gasteiger partial charge in [-0.05, 0) is 58.6 Å². The highest BCUT2D eigenvalue weighted by Crippen LogP contribution is 2.30. The second-order valence-corrected chi connectivity index (χ2v) is 6.72. The number of anilines is 2. The number of nitrogens with zero attached hydrogens (tertiary/aromatic N) is 1. The van der Waals surface area contributed by atoms with E-state index in [0.717, 1.165) is 36.1 Å². The van der Waals surface area contributed by atoms with Crippen molar-refractivity contribution in [2.75, 3.05) is 37.0 Å². The van der Waals surface area contributed by atoms with E-state index in [1.54, 1.807) is 7.11 Å². The summed E-state index contributed by atoms with van der Waals surface area (Å²) < 4.78 is 6.00. The van der Waals surface area contributed by atoms with Gasteiger partial charge in [-0.2, -0.15) is 0 Å². The van der Waals surface area contributed by atoms with Crippen molar-refractivity contribution in [1.82, 2.24) is 0 Å². The zero-order valence-electron chi connectivity index (χ0n) is 13.7. The van der Waals surface area contributed by atoms with Crippen molar-refractivity contribution in [3.8, 4) is 0 Å². The maximum absolute atomic E-state index is 12.5. The van der Waals surface area contributed by atoms with Crippen LogP contribution in [0.5, 0.6) is 0 Å². The Morgan fingerprint density at radius 3 is 2.92 bits per heavy atom. The zero-order valence-corrected chi connectivity index (χ0v) is 15.3. The fourth-order valence-corrected chi connectivity index (χ4v) is 3.47. The van der Waals surface area contributed by atoms with E-state index in [-0.39, 0.29) is 5.91 Å². The van der Waals surface area contributed by atoms with Crippen molar-refractivity contribution in [3.63, 3.8) is 0 Å². The number of halogens is 1. The van der Waals surface area contributed by atoms with Crippen LogP contribution in [-0.4, -0.2) is 32.7 Å². The summed E-state index contributed by atoms with van der Waals surface area (Å²) in [5.74, 6) is -0.110. The lowest BCUT2D eigenvalue weighted by atomic mass is 10.0. The Bertz CT molecular complexity index is 733. The average molecular weight is 389 g/mol. The van der Waals surface area contributed by atoms with Gasteiger partial charge in [0.25, 0.3) is 5.91 Å². The van der Waals surface area contributed by atoms with Crippen LogP contribution in [0, 0.1) is 0 Å². The van der Waals surface area contributed by atoms with Gasteiger partial charge in [-0.25, -0.2) is 0 Å². The number of aryl methyl sites for hydroxylation is 1. The quantitative estimate of drug-likeness (QED) is 0.837. The van der Waals surface area contributed by atoms with Gasteiger partial charge in [-0.15, -0.1) is 0 Å². The molecule has 0 radical (unpaired) electrons. The molecule has 0 saturated carbocycles. The second kappa shape index (κ2) is 7.81. The fraction of sp³-hybridized carbons (Fsp3) is 0.316. The van der Waals surface area contributed by atoms with Gasteiger partial charge in [0, 0.05) is 36.0 Å². The van der Waals surface area contributed by atoms with Gasteiger partial charge >= 0.3 is 0 Å². The summed E-state index contributed by atoms with van der Waals surface area (Å²) in [5.41, 5.74) is 3.98. The number of carbonyl (C=O) groups is 1. The molecule has 2 aromatic carbocycles. The molecule has 1 heterocycles. The molecule has 0 fully saturated rings. The number of nitrogens with one attached hydrogen (secondary N) is 1. The summed E-state index contributed by atoms with van der Waals surface area (Å²) in [6.45, 7) is 2.59. The first-order valence-corrected chi connectivity index (χ1v) is 8.91. The van der Waals surface area contributed by atoms with Gasteiger partial charge < -0.3 is 15.0 Å². The van der Waals surface area contributed by atoms with Crippen LogP contribution < -0.4 is 10.2 Å². The maximum atomic E-state index is 12.5. The number of methoxy groups -OCH3 is 1. The molecule has 1 N–H and O–H groups in total. The third-order valence-electron chi connectivity index (χ3n) is 4.24. The number of rotatable bonds is 5. The van der Waals surface area contributed by atoms with Gasteiger partial charge in [0.15, 0.2) is 0 Å². The fourth-order valence-electron chi connectivity index (χ4n) is 3.01. The first-order valence-electron chi connectivity index (χ1n) is 8.12. The van der Waals surface area contributed by atoms with E-state index in [4.69, 9.17) is 4.74 Å². The van der Waals surface area contributed by atoms with Crippen molar-refractivity contribution in [3.05, 3.63) is 58.1 Å². The largest absolute Gasteiger partial charge is 0.383 e. The molecule has 1 amide bonds. The van der Waals surface area contributed by atoms with Crippen LogP contribution in [0.1, 0.15) is 22.3 Å². The number of amides is 1. The van der Waals surface area contributed by atoms with Gasteiger partial charge in [-0.1, -0.05) is 18.2 Å². The third kappa shape index (κ3) is 3.79. The van der Waals surface area contributed by atoms with Crippen molar-refractivity contribution in [2.24, 2.45) is 0 Å². The van der Waals surface area contributed by atoms with E-state index >= 15 is 0 Å². The van der Waals surface area contributed by atoms with Crippen molar-refractivity contribution in [2.45, 2.75) is 12.8 Å². The van der Waals surface area contributed by atoms with Crippen LogP contribution in [0.25, 0.3) is 0 Å². The van der Waals surface area contributed by atoms with Gasteiger partial charge in [-0.3, -0.25) is 4.79 Å². The molecule has 1 aliphatic rings. The molecule has 4 nitrogen and oxygen atoms in total. The van der Waals surface area contributed by atoms with Crippen LogP contribution in [0.3, 0.4) is 0 Å². The molecule has 24 heavy (non-hydrogen) atoms.